The van der Waals surface area contributed by atoms with E-state index in [1.165, 1.54) is 0 Å². The van der Waals surface area contributed by atoms with Gasteiger partial charge >= 0.3 is 18.0 Å². The van der Waals surface area contributed by atoms with Crippen LogP contribution in [0.4, 0.5) is 18.9 Å². The molecule has 0 aliphatic heterocycles. The van der Waals surface area contributed by atoms with E-state index in [1.54, 1.807) is 19.2 Å². The molecule has 26 heavy (non-hydrogen) atoms. The Balaban J connectivity index is 1.80. The Morgan fingerprint density at radius 3 is 2.31 bits per heavy atom. The first-order chi connectivity index (χ1) is 12.3. The predicted octanol–water partition coefficient (Wildman–Crippen LogP) is 2.41. The lowest BCUT2D eigenvalue weighted by Gasteiger charge is -2.08. The summed E-state index contributed by atoms with van der Waals surface area (Å²) in [5.41, 5.74) is -0.147. The number of methoxy groups -OCH3 is 1. The molecule has 0 aliphatic rings. The van der Waals surface area contributed by atoms with Crippen LogP contribution in [-0.4, -0.2) is 30.5 Å². The first-order valence-corrected chi connectivity index (χ1v) is 7.55. The number of alkyl halides is 3. The van der Waals surface area contributed by atoms with Crippen LogP contribution in [0.5, 0.6) is 5.75 Å². The van der Waals surface area contributed by atoms with Crippen molar-refractivity contribution in [1.29, 1.82) is 0 Å². The topological polar surface area (TPSA) is 80.3 Å². The molecule has 2 rings (SSSR count). The van der Waals surface area contributed by atoms with E-state index < -0.39 is 23.7 Å². The van der Waals surface area contributed by atoms with Crippen molar-refractivity contribution in [2.45, 2.75) is 12.6 Å². The first kappa shape index (κ1) is 19.2. The summed E-state index contributed by atoms with van der Waals surface area (Å²) in [4.78, 5) is 26.6. The van der Waals surface area contributed by atoms with Crippen molar-refractivity contribution in [1.82, 2.24) is 10.3 Å². The molecule has 0 fully saturated rings. The van der Waals surface area contributed by atoms with E-state index in [0.29, 0.717) is 12.2 Å². The van der Waals surface area contributed by atoms with Gasteiger partial charge < -0.3 is 15.4 Å². The van der Waals surface area contributed by atoms with E-state index in [4.69, 9.17) is 4.74 Å². The summed E-state index contributed by atoms with van der Waals surface area (Å²) in [6.45, 7) is 0.226. The number of aromatic nitrogens is 1. The summed E-state index contributed by atoms with van der Waals surface area (Å²) < 4.78 is 42.3. The largest absolute Gasteiger partial charge is 0.497 e. The number of halogens is 3. The maximum atomic E-state index is 12.4. The SMILES string of the molecule is COc1ccc(CCNC(=O)C(=O)Nc2ccc(C(F)(F)F)nc2)cc1. The van der Waals surface area contributed by atoms with Gasteiger partial charge in [0, 0.05) is 6.54 Å². The van der Waals surface area contributed by atoms with Crippen molar-refractivity contribution in [2.24, 2.45) is 0 Å². The second-order valence-corrected chi connectivity index (χ2v) is 5.24. The zero-order valence-corrected chi connectivity index (χ0v) is 13.8. The highest BCUT2D eigenvalue weighted by Crippen LogP contribution is 2.27. The summed E-state index contributed by atoms with van der Waals surface area (Å²) in [6.07, 6.45) is -3.22. The molecule has 1 aromatic carbocycles. The van der Waals surface area contributed by atoms with E-state index in [0.717, 1.165) is 23.9 Å². The molecular weight excluding hydrogens is 351 g/mol. The fourth-order valence-electron chi connectivity index (χ4n) is 2.02. The van der Waals surface area contributed by atoms with Gasteiger partial charge in [-0.1, -0.05) is 12.1 Å². The summed E-state index contributed by atoms with van der Waals surface area (Å²) in [7, 11) is 1.56. The molecule has 0 radical (unpaired) electrons. The van der Waals surface area contributed by atoms with Gasteiger partial charge in [-0.15, -0.1) is 0 Å². The van der Waals surface area contributed by atoms with Crippen LogP contribution in [0.1, 0.15) is 11.3 Å². The van der Waals surface area contributed by atoms with Gasteiger partial charge in [0.05, 0.1) is 19.0 Å². The summed E-state index contributed by atoms with van der Waals surface area (Å²) in [5.74, 6) is -1.16. The van der Waals surface area contributed by atoms with E-state index in [2.05, 4.69) is 15.6 Å². The summed E-state index contributed by atoms with van der Waals surface area (Å²) in [5, 5.41) is 4.62. The van der Waals surface area contributed by atoms with Crippen LogP contribution in [-0.2, 0) is 22.2 Å². The van der Waals surface area contributed by atoms with Crippen molar-refractivity contribution in [3.05, 3.63) is 53.9 Å². The monoisotopic (exact) mass is 367 g/mol. The lowest BCUT2D eigenvalue weighted by molar-refractivity contribution is -0.141. The number of amides is 2. The molecule has 0 unspecified atom stereocenters. The normalized spacial score (nSPS) is 10.9. The third kappa shape index (κ3) is 5.47. The molecule has 9 heteroatoms. The second kappa shape index (κ2) is 8.32. The number of pyridine rings is 1. The van der Waals surface area contributed by atoms with Crippen molar-refractivity contribution in [3.8, 4) is 5.75 Å². The molecule has 0 saturated carbocycles. The van der Waals surface area contributed by atoms with Crippen LogP contribution in [0, 0.1) is 0 Å². The lowest BCUT2D eigenvalue weighted by Crippen LogP contribution is -2.36. The van der Waals surface area contributed by atoms with Crippen molar-refractivity contribution in [2.75, 3.05) is 19.0 Å². The molecule has 2 aromatic rings. The number of benzene rings is 1. The zero-order valence-electron chi connectivity index (χ0n) is 13.8. The first-order valence-electron chi connectivity index (χ1n) is 7.55. The number of carbonyl (C=O) groups is 2. The van der Waals surface area contributed by atoms with Gasteiger partial charge in [0.15, 0.2) is 0 Å². The Labute approximate surface area is 147 Å². The highest BCUT2D eigenvalue weighted by Gasteiger charge is 2.32. The maximum absolute atomic E-state index is 12.4. The van der Waals surface area contributed by atoms with Crippen LogP contribution in [0.2, 0.25) is 0 Å². The van der Waals surface area contributed by atoms with Gasteiger partial charge in [-0.25, -0.2) is 4.98 Å². The minimum Gasteiger partial charge on any atom is -0.497 e. The fraction of sp³-hybridized carbons (Fsp3) is 0.235. The van der Waals surface area contributed by atoms with Gasteiger partial charge in [0.1, 0.15) is 11.4 Å². The molecule has 0 bridgehead atoms. The zero-order chi connectivity index (χ0) is 19.2. The molecule has 2 N–H and O–H groups in total. The molecule has 2 amide bonds. The van der Waals surface area contributed by atoms with Crippen molar-refractivity contribution >= 4 is 17.5 Å². The minimum absolute atomic E-state index is 0.00620. The van der Waals surface area contributed by atoms with Gasteiger partial charge in [0.2, 0.25) is 0 Å². The average Bonchev–Trinajstić information content (AvgIpc) is 2.62. The molecule has 0 aliphatic carbocycles. The number of carbonyl (C=O) groups excluding carboxylic acids is 2. The number of anilines is 1. The number of nitrogens with zero attached hydrogens (tertiary/aromatic N) is 1. The molecule has 1 heterocycles. The van der Waals surface area contributed by atoms with Crippen LogP contribution in [0.25, 0.3) is 0 Å². The van der Waals surface area contributed by atoms with Gasteiger partial charge in [-0.05, 0) is 36.2 Å². The molecule has 6 nitrogen and oxygen atoms in total. The summed E-state index contributed by atoms with van der Waals surface area (Å²) in [6, 6.07) is 8.97. The lowest BCUT2D eigenvalue weighted by atomic mass is 10.1. The standard InChI is InChI=1S/C17H16F3N3O3/c1-26-13-5-2-11(3-6-13)8-9-21-15(24)16(25)23-12-4-7-14(22-10-12)17(18,19)20/h2-7,10H,8-9H2,1H3,(H,21,24)(H,23,25). The van der Waals surface area contributed by atoms with Crippen LogP contribution < -0.4 is 15.4 Å². The van der Waals surface area contributed by atoms with E-state index >= 15 is 0 Å². The maximum Gasteiger partial charge on any atom is 0.433 e. The molecule has 1 aromatic heterocycles. The number of hydrogen-bond donors (Lipinski definition) is 2. The second-order valence-electron chi connectivity index (χ2n) is 5.24. The molecule has 0 spiro atoms. The predicted molar refractivity (Wildman–Crippen MR) is 87.6 cm³/mol. The highest BCUT2D eigenvalue weighted by atomic mass is 19.4. The quantitative estimate of drug-likeness (QED) is 0.796. The number of hydrogen-bond acceptors (Lipinski definition) is 4. The Morgan fingerprint density at radius 1 is 1.08 bits per heavy atom. The fourth-order valence-corrected chi connectivity index (χ4v) is 2.02. The Kier molecular flexibility index (Phi) is 6.16. The summed E-state index contributed by atoms with van der Waals surface area (Å²) >= 11 is 0. The highest BCUT2D eigenvalue weighted by molar-refractivity contribution is 6.39. The van der Waals surface area contributed by atoms with Crippen LogP contribution in [0.15, 0.2) is 42.6 Å². The molecule has 138 valence electrons. The Hall–Kier alpha value is -3.10. The van der Waals surface area contributed by atoms with Crippen LogP contribution >= 0.6 is 0 Å². The number of ether oxygens (including phenoxy) is 1. The van der Waals surface area contributed by atoms with Crippen molar-refractivity contribution in [3.63, 3.8) is 0 Å². The molecule has 0 saturated heterocycles. The Bertz CT molecular complexity index is 760. The van der Waals surface area contributed by atoms with Crippen LogP contribution in [0.3, 0.4) is 0 Å². The molecular formula is C17H16F3N3O3. The van der Waals surface area contributed by atoms with E-state index in [9.17, 15) is 22.8 Å². The number of rotatable bonds is 5. The average molecular weight is 367 g/mol. The third-order valence-corrected chi connectivity index (χ3v) is 3.38. The van der Waals surface area contributed by atoms with E-state index in [-0.39, 0.29) is 12.2 Å². The van der Waals surface area contributed by atoms with Gasteiger partial charge in [-0.3, -0.25) is 9.59 Å². The molecule has 0 atom stereocenters. The van der Waals surface area contributed by atoms with Gasteiger partial charge in [-0.2, -0.15) is 13.2 Å². The van der Waals surface area contributed by atoms with E-state index in [1.807, 2.05) is 12.1 Å². The smallest absolute Gasteiger partial charge is 0.433 e. The number of nitrogens with one attached hydrogen (secondary N) is 2. The minimum atomic E-state index is -4.57. The van der Waals surface area contributed by atoms with Crippen molar-refractivity contribution < 1.29 is 27.5 Å². The third-order valence-electron chi connectivity index (χ3n) is 3.38. The Morgan fingerprint density at radius 2 is 1.77 bits per heavy atom. The van der Waals surface area contributed by atoms with Gasteiger partial charge in [0.25, 0.3) is 0 Å².